The van der Waals surface area contributed by atoms with Gasteiger partial charge in [-0.05, 0) is 66.9 Å². The Labute approximate surface area is 180 Å². The van der Waals surface area contributed by atoms with E-state index in [1.165, 1.54) is 0 Å². The number of carbonyl (C=O) groups excluding carboxylic acids is 1. The molecular formula is C24H36NO4P. The van der Waals surface area contributed by atoms with Crippen molar-refractivity contribution in [1.82, 2.24) is 5.32 Å². The summed E-state index contributed by atoms with van der Waals surface area (Å²) in [6, 6.07) is 0.164. The van der Waals surface area contributed by atoms with Crippen molar-refractivity contribution in [3.05, 3.63) is 35.2 Å². The molecule has 4 aliphatic rings. The Balaban J connectivity index is 1.63. The van der Waals surface area contributed by atoms with Crippen LogP contribution in [0.25, 0.3) is 0 Å². The maximum atomic E-state index is 12.7. The van der Waals surface area contributed by atoms with Gasteiger partial charge in [-0.25, -0.2) is 0 Å². The molecule has 1 fully saturated rings. The summed E-state index contributed by atoms with van der Waals surface area (Å²) in [5.74, 6) is 1.52. The van der Waals surface area contributed by atoms with E-state index in [9.17, 15) is 19.1 Å². The lowest BCUT2D eigenvalue weighted by Gasteiger charge is -2.54. The van der Waals surface area contributed by atoms with Crippen molar-refractivity contribution in [2.24, 2.45) is 34.0 Å². The molecule has 0 bridgehead atoms. The minimum Gasteiger partial charge on any atom is -0.352 e. The quantitative estimate of drug-likeness (QED) is 0.426. The molecule has 6 atom stereocenters. The molecule has 0 aromatic carbocycles. The molecule has 4 rings (SSSR count). The van der Waals surface area contributed by atoms with Crippen LogP contribution in [0.3, 0.4) is 0 Å². The first-order valence-electron chi connectivity index (χ1n) is 11.2. The third kappa shape index (κ3) is 3.38. The number of rotatable bonds is 2. The van der Waals surface area contributed by atoms with Crippen LogP contribution in [0.4, 0.5) is 0 Å². The number of hydrogen-bond acceptors (Lipinski definition) is 2. The molecule has 0 radical (unpaired) electrons. The van der Waals surface area contributed by atoms with Crippen LogP contribution in [0.2, 0.25) is 0 Å². The van der Waals surface area contributed by atoms with E-state index in [2.05, 4.69) is 37.4 Å². The Bertz CT molecular complexity index is 891. The van der Waals surface area contributed by atoms with E-state index in [-0.39, 0.29) is 28.1 Å². The van der Waals surface area contributed by atoms with Crippen LogP contribution in [0.15, 0.2) is 35.2 Å². The fourth-order valence-electron chi connectivity index (χ4n) is 6.54. The first-order valence-corrected chi connectivity index (χ1v) is 12.9. The second-order valence-electron chi connectivity index (χ2n) is 11.4. The molecular weight excluding hydrogens is 397 g/mol. The van der Waals surface area contributed by atoms with Crippen molar-refractivity contribution < 1.29 is 19.1 Å². The third-order valence-corrected chi connectivity index (χ3v) is 9.65. The maximum absolute atomic E-state index is 12.7. The minimum atomic E-state index is -4.17. The Hall–Kier alpha value is -1.16. The summed E-state index contributed by atoms with van der Waals surface area (Å²) in [5.41, 5.74) is 0.588. The molecule has 1 unspecified atom stereocenters. The number of allylic oxidation sites excluding steroid dienone is 5. The summed E-state index contributed by atoms with van der Waals surface area (Å²) in [7, 11) is -4.17. The monoisotopic (exact) mass is 433 g/mol. The van der Waals surface area contributed by atoms with Gasteiger partial charge in [0.15, 0.2) is 0 Å². The summed E-state index contributed by atoms with van der Waals surface area (Å²) in [4.78, 5) is 31.9. The van der Waals surface area contributed by atoms with Gasteiger partial charge in [0.2, 0.25) is 5.91 Å². The predicted octanol–water partition coefficient (Wildman–Crippen LogP) is 4.93. The molecule has 0 heterocycles. The van der Waals surface area contributed by atoms with Gasteiger partial charge in [-0.2, -0.15) is 0 Å². The van der Waals surface area contributed by atoms with E-state index in [0.717, 1.165) is 31.3 Å². The highest BCUT2D eigenvalue weighted by Gasteiger charge is 2.56. The zero-order chi connectivity index (χ0) is 22.1. The molecule has 0 saturated heterocycles. The van der Waals surface area contributed by atoms with Gasteiger partial charge in [0.05, 0.1) is 0 Å². The molecule has 0 spiro atoms. The van der Waals surface area contributed by atoms with Crippen LogP contribution in [0, 0.1) is 34.0 Å². The molecule has 0 aliphatic heterocycles. The molecule has 1 saturated carbocycles. The number of carbonyl (C=O) groups is 1. The summed E-state index contributed by atoms with van der Waals surface area (Å²) >= 11 is 0. The van der Waals surface area contributed by atoms with Gasteiger partial charge in [-0.3, -0.25) is 9.36 Å². The fraction of sp³-hybridized carbons (Fsp3) is 0.708. The molecule has 4 aliphatic carbocycles. The number of fused-ring (bicyclic) bond motifs is 5. The molecule has 5 nitrogen and oxygen atoms in total. The first-order chi connectivity index (χ1) is 13.8. The Morgan fingerprint density at radius 3 is 2.57 bits per heavy atom. The summed E-state index contributed by atoms with van der Waals surface area (Å²) in [6.45, 7) is 10.4. The lowest BCUT2D eigenvalue weighted by Crippen LogP contribution is -2.52. The topological polar surface area (TPSA) is 86.6 Å². The highest BCUT2D eigenvalue weighted by Crippen LogP contribution is 2.64. The maximum Gasteiger partial charge on any atom is 0.352 e. The van der Waals surface area contributed by atoms with Crippen LogP contribution in [0.1, 0.15) is 66.7 Å². The van der Waals surface area contributed by atoms with Crippen molar-refractivity contribution in [1.29, 1.82) is 0 Å². The average Bonchev–Trinajstić information content (AvgIpc) is 2.96. The van der Waals surface area contributed by atoms with Gasteiger partial charge >= 0.3 is 7.60 Å². The molecule has 0 aromatic rings. The summed E-state index contributed by atoms with van der Waals surface area (Å²) in [5, 5.41) is 3.62. The fourth-order valence-corrected chi connectivity index (χ4v) is 7.25. The third-order valence-electron chi connectivity index (χ3n) is 8.55. The van der Waals surface area contributed by atoms with Gasteiger partial charge < -0.3 is 15.1 Å². The van der Waals surface area contributed by atoms with Crippen molar-refractivity contribution in [2.75, 3.05) is 0 Å². The zero-order valence-corrected chi connectivity index (χ0v) is 19.7. The molecule has 6 heteroatoms. The Morgan fingerprint density at radius 1 is 1.23 bits per heavy atom. The Kier molecular flexibility index (Phi) is 5.08. The van der Waals surface area contributed by atoms with Crippen LogP contribution >= 0.6 is 7.60 Å². The predicted molar refractivity (Wildman–Crippen MR) is 119 cm³/mol. The molecule has 166 valence electrons. The second kappa shape index (κ2) is 6.92. The van der Waals surface area contributed by atoms with Crippen LogP contribution in [-0.2, 0) is 9.36 Å². The zero-order valence-electron chi connectivity index (χ0n) is 18.8. The van der Waals surface area contributed by atoms with E-state index in [1.807, 2.05) is 20.8 Å². The summed E-state index contributed by atoms with van der Waals surface area (Å²) < 4.78 is 11.8. The largest absolute Gasteiger partial charge is 0.352 e. The van der Waals surface area contributed by atoms with Crippen LogP contribution < -0.4 is 5.32 Å². The van der Waals surface area contributed by atoms with E-state index < -0.39 is 13.0 Å². The van der Waals surface area contributed by atoms with Gasteiger partial charge in [-0.15, -0.1) is 0 Å². The highest BCUT2D eigenvalue weighted by atomic mass is 31.2. The minimum absolute atomic E-state index is 0.0364. The molecule has 30 heavy (non-hydrogen) atoms. The highest BCUT2D eigenvalue weighted by molar-refractivity contribution is 7.56. The van der Waals surface area contributed by atoms with Crippen molar-refractivity contribution in [3.63, 3.8) is 0 Å². The van der Waals surface area contributed by atoms with Gasteiger partial charge in [0, 0.05) is 22.2 Å². The van der Waals surface area contributed by atoms with Crippen molar-refractivity contribution in [3.8, 4) is 0 Å². The van der Waals surface area contributed by atoms with Crippen LogP contribution in [-0.4, -0.2) is 21.7 Å². The van der Waals surface area contributed by atoms with E-state index in [0.29, 0.717) is 24.2 Å². The van der Waals surface area contributed by atoms with Crippen molar-refractivity contribution >= 4 is 13.5 Å². The van der Waals surface area contributed by atoms with Gasteiger partial charge in [0.25, 0.3) is 0 Å². The normalized spacial score (nSPS) is 40.6. The molecule has 3 N–H and O–H groups in total. The average molecular weight is 434 g/mol. The van der Waals surface area contributed by atoms with Crippen LogP contribution in [0.5, 0.6) is 0 Å². The second-order valence-corrected chi connectivity index (χ2v) is 13.0. The van der Waals surface area contributed by atoms with Gasteiger partial charge in [-0.1, -0.05) is 52.8 Å². The number of nitrogens with one attached hydrogen (secondary N) is 1. The smallest absolute Gasteiger partial charge is 0.352 e. The van der Waals surface area contributed by atoms with E-state index >= 15 is 0 Å². The van der Waals surface area contributed by atoms with E-state index in [1.54, 1.807) is 6.08 Å². The molecule has 0 aromatic heterocycles. The van der Waals surface area contributed by atoms with Crippen molar-refractivity contribution in [2.45, 2.75) is 72.8 Å². The lowest BCUT2D eigenvalue weighted by molar-refractivity contribution is -0.130. The Morgan fingerprint density at radius 2 is 1.93 bits per heavy atom. The number of hydrogen-bond donors (Lipinski definition) is 3. The van der Waals surface area contributed by atoms with E-state index in [4.69, 9.17) is 0 Å². The first kappa shape index (κ1) is 22.0. The standard InChI is InChI=1S/C24H36NO4P/c1-22(2,3)21(26)25-20-9-8-18-17-7-6-15-14-16(30(27,28)29)10-12-23(15,4)19(17)11-13-24(18,20)5/h6,11,13-14,17-20H,7-10,12H2,1-5H3,(H,25,26)(H2,27,28,29)/t17-,18-,19+,20?,23-,24-/m0/s1. The SMILES string of the molecule is CC(C)(C)C(=O)NC1CC[C@H]2[C@@H]3CC=C4C=C(P(=O)(O)O)CC[C@]4(C)[C@@H]3C=C[C@]12C. The molecule has 1 amide bonds. The number of amides is 1. The summed E-state index contributed by atoms with van der Waals surface area (Å²) in [6.07, 6.45) is 13.0. The lowest BCUT2D eigenvalue weighted by atomic mass is 9.51. The van der Waals surface area contributed by atoms with Gasteiger partial charge in [0.1, 0.15) is 0 Å².